The van der Waals surface area contributed by atoms with Gasteiger partial charge >= 0.3 is 0 Å². The zero-order valence-corrected chi connectivity index (χ0v) is 9.66. The van der Waals surface area contributed by atoms with Crippen LogP contribution in [-0.4, -0.2) is 30.1 Å². The number of rotatable bonds is 3. The quantitative estimate of drug-likeness (QED) is 0.888. The van der Waals surface area contributed by atoms with E-state index in [1.807, 2.05) is 12.1 Å². The predicted octanol–water partition coefficient (Wildman–Crippen LogP) is 0.902. The van der Waals surface area contributed by atoms with Gasteiger partial charge in [-0.05, 0) is 28.1 Å². The number of carbonyl (C=O) groups excluding carboxylic acids is 1. The number of nitrogens with zero attached hydrogens (tertiary/aromatic N) is 1. The van der Waals surface area contributed by atoms with E-state index < -0.39 is 0 Å². The number of nitrogens with one attached hydrogen (secondary N) is 1. The molecule has 2 rings (SSSR count). The number of hydrogen-bond acceptors (Lipinski definition) is 3. The summed E-state index contributed by atoms with van der Waals surface area (Å²) in [4.78, 5) is 15.6. The van der Waals surface area contributed by atoms with Gasteiger partial charge in [0.05, 0.1) is 25.7 Å². The fourth-order valence-electron chi connectivity index (χ4n) is 1.27. The Morgan fingerprint density at radius 2 is 2.40 bits per heavy atom. The Labute approximate surface area is 96.2 Å². The van der Waals surface area contributed by atoms with Gasteiger partial charge in [-0.2, -0.15) is 0 Å². The molecule has 1 fully saturated rings. The molecular weight excluding hydrogens is 260 g/mol. The van der Waals surface area contributed by atoms with Gasteiger partial charge in [-0.3, -0.25) is 9.78 Å². The molecule has 4 nitrogen and oxygen atoms in total. The summed E-state index contributed by atoms with van der Waals surface area (Å²) >= 11 is 3.29. The molecule has 0 aliphatic carbocycles. The van der Waals surface area contributed by atoms with Crippen molar-refractivity contribution in [1.29, 1.82) is 0 Å². The van der Waals surface area contributed by atoms with Gasteiger partial charge in [-0.1, -0.05) is 0 Å². The van der Waals surface area contributed by atoms with Crippen LogP contribution in [0.1, 0.15) is 5.69 Å². The highest BCUT2D eigenvalue weighted by atomic mass is 79.9. The molecule has 0 spiro atoms. The lowest BCUT2D eigenvalue weighted by atomic mass is 10.2. The van der Waals surface area contributed by atoms with Crippen molar-refractivity contribution in [2.75, 3.05) is 13.2 Å². The van der Waals surface area contributed by atoms with Crippen molar-refractivity contribution in [3.8, 4) is 0 Å². The standard InChI is InChI=1S/C10H11BrN2O2/c11-7-1-2-8(12-4-7)3-10(14)13-9-5-15-6-9/h1-2,4,9H,3,5-6H2,(H,13,14). The summed E-state index contributed by atoms with van der Waals surface area (Å²) in [6, 6.07) is 3.90. The summed E-state index contributed by atoms with van der Waals surface area (Å²) in [7, 11) is 0. The zero-order chi connectivity index (χ0) is 10.7. The molecule has 0 unspecified atom stereocenters. The molecule has 1 aromatic heterocycles. The first-order valence-electron chi connectivity index (χ1n) is 4.71. The van der Waals surface area contributed by atoms with Gasteiger partial charge in [0.15, 0.2) is 0 Å². The van der Waals surface area contributed by atoms with Crippen LogP contribution >= 0.6 is 15.9 Å². The molecular formula is C10H11BrN2O2. The maximum atomic E-state index is 11.5. The Bertz CT molecular complexity index is 349. The van der Waals surface area contributed by atoms with Gasteiger partial charge in [0.25, 0.3) is 0 Å². The van der Waals surface area contributed by atoms with E-state index in [4.69, 9.17) is 4.74 Å². The van der Waals surface area contributed by atoms with Crippen molar-refractivity contribution in [3.63, 3.8) is 0 Å². The van der Waals surface area contributed by atoms with E-state index in [0.717, 1.165) is 10.2 Å². The molecule has 5 heteroatoms. The number of ether oxygens (including phenoxy) is 1. The molecule has 2 heterocycles. The van der Waals surface area contributed by atoms with E-state index in [1.165, 1.54) is 0 Å². The van der Waals surface area contributed by atoms with E-state index >= 15 is 0 Å². The lowest BCUT2D eigenvalue weighted by Crippen LogP contribution is -2.49. The van der Waals surface area contributed by atoms with Crippen molar-refractivity contribution in [3.05, 3.63) is 28.5 Å². The Morgan fingerprint density at radius 1 is 1.60 bits per heavy atom. The third kappa shape index (κ3) is 3.00. The Morgan fingerprint density at radius 3 is 2.93 bits per heavy atom. The van der Waals surface area contributed by atoms with Crippen molar-refractivity contribution >= 4 is 21.8 Å². The molecule has 1 saturated heterocycles. The Balaban J connectivity index is 1.84. The van der Waals surface area contributed by atoms with E-state index in [2.05, 4.69) is 26.2 Å². The molecule has 0 atom stereocenters. The predicted molar refractivity (Wildman–Crippen MR) is 58.4 cm³/mol. The summed E-state index contributed by atoms with van der Waals surface area (Å²) in [5.74, 6) is -0.00174. The normalized spacial score (nSPS) is 15.8. The van der Waals surface area contributed by atoms with Crippen LogP contribution in [-0.2, 0) is 16.0 Å². The minimum absolute atomic E-state index is 0.00174. The average Bonchev–Trinajstić information content (AvgIpc) is 2.16. The summed E-state index contributed by atoms with van der Waals surface area (Å²) in [6.07, 6.45) is 2.01. The van der Waals surface area contributed by atoms with Crippen molar-refractivity contribution in [2.24, 2.45) is 0 Å². The van der Waals surface area contributed by atoms with Crippen molar-refractivity contribution < 1.29 is 9.53 Å². The number of aromatic nitrogens is 1. The molecule has 0 saturated carbocycles. The van der Waals surface area contributed by atoms with Crippen LogP contribution in [0.3, 0.4) is 0 Å². The number of carbonyl (C=O) groups is 1. The van der Waals surface area contributed by atoms with Crippen LogP contribution in [0.2, 0.25) is 0 Å². The third-order valence-electron chi connectivity index (χ3n) is 2.13. The number of halogens is 1. The number of pyridine rings is 1. The maximum Gasteiger partial charge on any atom is 0.226 e. The first-order valence-corrected chi connectivity index (χ1v) is 5.51. The molecule has 1 aliphatic heterocycles. The molecule has 1 amide bonds. The molecule has 15 heavy (non-hydrogen) atoms. The second kappa shape index (κ2) is 4.72. The third-order valence-corrected chi connectivity index (χ3v) is 2.60. The summed E-state index contributed by atoms with van der Waals surface area (Å²) < 4.78 is 5.88. The van der Waals surface area contributed by atoms with Crippen molar-refractivity contribution in [1.82, 2.24) is 10.3 Å². The fourth-order valence-corrected chi connectivity index (χ4v) is 1.51. The van der Waals surface area contributed by atoms with E-state index in [-0.39, 0.29) is 11.9 Å². The van der Waals surface area contributed by atoms with E-state index in [9.17, 15) is 4.79 Å². The minimum Gasteiger partial charge on any atom is -0.377 e. The Kier molecular flexibility index (Phi) is 3.33. The van der Waals surface area contributed by atoms with Gasteiger partial charge in [-0.25, -0.2) is 0 Å². The lowest BCUT2D eigenvalue weighted by Gasteiger charge is -2.26. The van der Waals surface area contributed by atoms with Crippen LogP contribution in [0.5, 0.6) is 0 Å². The highest BCUT2D eigenvalue weighted by Gasteiger charge is 2.20. The number of hydrogen-bond donors (Lipinski definition) is 1. The SMILES string of the molecule is O=C(Cc1ccc(Br)cn1)NC1COC1. The average molecular weight is 271 g/mol. The number of amides is 1. The first-order chi connectivity index (χ1) is 7.24. The van der Waals surface area contributed by atoms with Crippen LogP contribution in [0, 0.1) is 0 Å². The molecule has 1 N–H and O–H groups in total. The van der Waals surface area contributed by atoms with E-state index in [0.29, 0.717) is 19.6 Å². The zero-order valence-electron chi connectivity index (χ0n) is 8.07. The largest absolute Gasteiger partial charge is 0.377 e. The highest BCUT2D eigenvalue weighted by molar-refractivity contribution is 9.10. The molecule has 0 aromatic carbocycles. The molecule has 0 bridgehead atoms. The van der Waals surface area contributed by atoms with Crippen LogP contribution in [0.15, 0.2) is 22.8 Å². The summed E-state index contributed by atoms with van der Waals surface area (Å²) in [5.41, 5.74) is 0.774. The molecule has 80 valence electrons. The molecule has 1 aromatic rings. The molecule has 0 radical (unpaired) electrons. The monoisotopic (exact) mass is 270 g/mol. The second-order valence-corrected chi connectivity index (χ2v) is 4.36. The molecule has 1 aliphatic rings. The van der Waals surface area contributed by atoms with Crippen molar-refractivity contribution in [2.45, 2.75) is 12.5 Å². The summed E-state index contributed by atoms with van der Waals surface area (Å²) in [5, 5.41) is 2.86. The minimum atomic E-state index is -0.00174. The van der Waals surface area contributed by atoms with Gasteiger partial charge in [-0.15, -0.1) is 0 Å². The van der Waals surface area contributed by atoms with Gasteiger partial charge in [0, 0.05) is 16.4 Å². The van der Waals surface area contributed by atoms with Crippen LogP contribution < -0.4 is 5.32 Å². The second-order valence-electron chi connectivity index (χ2n) is 3.45. The highest BCUT2D eigenvalue weighted by Crippen LogP contribution is 2.08. The smallest absolute Gasteiger partial charge is 0.226 e. The lowest BCUT2D eigenvalue weighted by molar-refractivity contribution is -0.124. The van der Waals surface area contributed by atoms with E-state index in [1.54, 1.807) is 6.20 Å². The maximum absolute atomic E-state index is 11.5. The Hall–Kier alpha value is -0.940. The first kappa shape index (κ1) is 10.6. The fraction of sp³-hybridized carbons (Fsp3) is 0.400. The summed E-state index contributed by atoms with van der Waals surface area (Å²) in [6.45, 7) is 1.25. The topological polar surface area (TPSA) is 51.2 Å². The van der Waals surface area contributed by atoms with Gasteiger partial charge in [0.1, 0.15) is 0 Å². The van der Waals surface area contributed by atoms with Crippen LogP contribution in [0.25, 0.3) is 0 Å². The van der Waals surface area contributed by atoms with Gasteiger partial charge in [0.2, 0.25) is 5.91 Å². The van der Waals surface area contributed by atoms with Crippen LogP contribution in [0.4, 0.5) is 0 Å². The van der Waals surface area contributed by atoms with Gasteiger partial charge < -0.3 is 10.1 Å².